The van der Waals surface area contributed by atoms with Gasteiger partial charge in [0.2, 0.25) is 10.0 Å². The number of rotatable bonds is 8. The highest BCUT2D eigenvalue weighted by molar-refractivity contribution is 7.89. The number of sulfonamides is 1. The van der Waals surface area contributed by atoms with E-state index in [9.17, 15) is 13.2 Å². The molecule has 0 radical (unpaired) electrons. The fraction of sp³-hybridized carbons (Fsp3) is 0.458. The van der Waals surface area contributed by atoms with Crippen LogP contribution in [0.5, 0.6) is 0 Å². The number of carbonyl (C=O) groups excluding carboxylic acids is 1. The van der Waals surface area contributed by atoms with Gasteiger partial charge in [-0.1, -0.05) is 29.8 Å². The molecule has 2 aliphatic heterocycles. The third kappa shape index (κ3) is 5.94. The number of hydrogen-bond acceptors (Lipinski definition) is 5. The van der Waals surface area contributed by atoms with E-state index in [1.165, 1.54) is 12.1 Å². The van der Waals surface area contributed by atoms with Crippen molar-refractivity contribution in [3.63, 3.8) is 0 Å². The largest absolute Gasteiger partial charge is 0.381 e. The number of amides is 1. The smallest absolute Gasteiger partial charge is 0.251 e. The van der Waals surface area contributed by atoms with Crippen LogP contribution in [0.4, 0.5) is 0 Å². The van der Waals surface area contributed by atoms with E-state index in [1.807, 2.05) is 24.3 Å². The lowest BCUT2D eigenvalue weighted by Gasteiger charge is -2.38. The highest BCUT2D eigenvalue weighted by atomic mass is 35.5. The second-order valence-electron chi connectivity index (χ2n) is 8.60. The molecule has 2 aromatic rings. The molecule has 1 atom stereocenters. The van der Waals surface area contributed by atoms with Crippen molar-refractivity contribution in [2.24, 2.45) is 0 Å². The van der Waals surface area contributed by atoms with Crippen LogP contribution in [-0.2, 0) is 24.9 Å². The average molecular weight is 493 g/mol. The van der Waals surface area contributed by atoms with Crippen LogP contribution in [0.15, 0.2) is 53.4 Å². The maximum absolute atomic E-state index is 13.0. The summed E-state index contributed by atoms with van der Waals surface area (Å²) >= 11 is 6.22. The number of halogens is 1. The van der Waals surface area contributed by atoms with Crippen LogP contribution in [0, 0.1) is 0 Å². The Bertz CT molecular complexity index is 1080. The monoisotopic (exact) mass is 492 g/mol. The van der Waals surface area contributed by atoms with Crippen LogP contribution < -0.4 is 10.0 Å². The zero-order chi connectivity index (χ0) is 23.3. The van der Waals surface area contributed by atoms with E-state index in [2.05, 4.69) is 10.0 Å². The Kier molecular flexibility index (Phi) is 7.71. The Morgan fingerprint density at radius 2 is 1.88 bits per heavy atom. The molecule has 1 amide bonds. The van der Waals surface area contributed by atoms with Crippen molar-refractivity contribution in [1.29, 1.82) is 0 Å². The number of hydrogen-bond donors (Lipinski definition) is 2. The summed E-state index contributed by atoms with van der Waals surface area (Å²) < 4.78 is 39.0. The van der Waals surface area contributed by atoms with Crippen molar-refractivity contribution < 1.29 is 22.7 Å². The molecular weight excluding hydrogens is 464 g/mol. The van der Waals surface area contributed by atoms with Gasteiger partial charge in [0.15, 0.2) is 0 Å². The van der Waals surface area contributed by atoms with Crippen LogP contribution in [-0.4, -0.2) is 53.3 Å². The van der Waals surface area contributed by atoms with Gasteiger partial charge in [-0.05, 0) is 61.6 Å². The first-order valence-electron chi connectivity index (χ1n) is 11.2. The highest BCUT2D eigenvalue weighted by Crippen LogP contribution is 2.35. The van der Waals surface area contributed by atoms with Crippen LogP contribution in [0.25, 0.3) is 0 Å². The Balaban J connectivity index is 1.45. The van der Waals surface area contributed by atoms with E-state index in [0.717, 1.165) is 31.2 Å². The van der Waals surface area contributed by atoms with Gasteiger partial charge in [0.05, 0.1) is 11.0 Å². The van der Waals surface area contributed by atoms with Gasteiger partial charge in [0.25, 0.3) is 5.91 Å². The maximum atomic E-state index is 13.0. The van der Waals surface area contributed by atoms with Crippen molar-refractivity contribution in [2.75, 3.05) is 32.9 Å². The fourth-order valence-electron chi connectivity index (χ4n) is 4.40. The molecule has 4 rings (SSSR count). The SMILES string of the molecule is O=C(NCC1(c2cccc(Cl)c2)CCOCC1)c1cccc(S(=O)(=O)NCC2CCCO2)c1. The molecule has 33 heavy (non-hydrogen) atoms. The lowest BCUT2D eigenvalue weighted by atomic mass is 9.74. The Hall–Kier alpha value is -1.97. The van der Waals surface area contributed by atoms with E-state index in [0.29, 0.717) is 37.0 Å². The first-order valence-corrected chi connectivity index (χ1v) is 13.1. The van der Waals surface area contributed by atoms with Gasteiger partial charge in [-0.2, -0.15) is 0 Å². The van der Waals surface area contributed by atoms with Crippen molar-refractivity contribution >= 4 is 27.5 Å². The highest BCUT2D eigenvalue weighted by Gasteiger charge is 2.35. The molecule has 2 N–H and O–H groups in total. The summed E-state index contributed by atoms with van der Waals surface area (Å²) in [6.45, 7) is 2.50. The molecule has 178 valence electrons. The minimum atomic E-state index is -3.74. The number of benzene rings is 2. The van der Waals surface area contributed by atoms with Crippen LogP contribution >= 0.6 is 11.6 Å². The second kappa shape index (κ2) is 10.5. The Morgan fingerprint density at radius 3 is 2.61 bits per heavy atom. The number of carbonyl (C=O) groups is 1. The number of ether oxygens (including phenoxy) is 2. The molecule has 0 spiro atoms. The van der Waals surface area contributed by atoms with Crippen LogP contribution in [0.2, 0.25) is 5.02 Å². The molecule has 0 aromatic heterocycles. The summed E-state index contributed by atoms with van der Waals surface area (Å²) in [5.74, 6) is -0.320. The molecule has 0 saturated carbocycles. The van der Waals surface area contributed by atoms with Crippen LogP contribution in [0.3, 0.4) is 0 Å². The summed E-state index contributed by atoms with van der Waals surface area (Å²) in [6, 6.07) is 13.8. The van der Waals surface area contributed by atoms with Crippen molar-refractivity contribution in [3.8, 4) is 0 Å². The molecule has 0 aliphatic carbocycles. The molecule has 2 fully saturated rings. The second-order valence-corrected chi connectivity index (χ2v) is 10.8. The van der Waals surface area contributed by atoms with Crippen molar-refractivity contribution in [3.05, 3.63) is 64.7 Å². The van der Waals surface area contributed by atoms with Gasteiger partial charge in [0, 0.05) is 48.9 Å². The minimum absolute atomic E-state index is 0.0590. The van der Waals surface area contributed by atoms with Gasteiger partial charge >= 0.3 is 0 Å². The molecule has 1 unspecified atom stereocenters. The van der Waals surface area contributed by atoms with E-state index in [-0.39, 0.29) is 28.9 Å². The summed E-state index contributed by atoms with van der Waals surface area (Å²) in [4.78, 5) is 13.0. The van der Waals surface area contributed by atoms with E-state index < -0.39 is 10.0 Å². The normalized spacial score (nSPS) is 20.5. The molecule has 0 bridgehead atoms. The zero-order valence-electron chi connectivity index (χ0n) is 18.4. The Labute approximate surface area is 199 Å². The molecule has 2 aromatic carbocycles. The van der Waals surface area contributed by atoms with Crippen LogP contribution in [0.1, 0.15) is 41.6 Å². The molecule has 7 nitrogen and oxygen atoms in total. The standard InChI is InChI=1S/C24H29ClN2O5S/c25-20-6-2-5-19(15-20)24(9-12-31-13-10-24)17-26-23(28)18-4-1-8-22(14-18)33(29,30)27-16-21-7-3-11-32-21/h1-2,4-6,8,14-15,21,27H,3,7,9-13,16-17H2,(H,26,28). The first kappa shape index (κ1) is 24.2. The lowest BCUT2D eigenvalue weighted by molar-refractivity contribution is 0.0487. The fourth-order valence-corrected chi connectivity index (χ4v) is 5.70. The van der Waals surface area contributed by atoms with Gasteiger partial charge in [0.1, 0.15) is 0 Å². The third-order valence-corrected chi connectivity index (χ3v) is 8.06. The molecule has 9 heteroatoms. The number of nitrogens with one attached hydrogen (secondary N) is 2. The topological polar surface area (TPSA) is 93.7 Å². The van der Waals surface area contributed by atoms with Gasteiger partial charge in [-0.3, -0.25) is 4.79 Å². The maximum Gasteiger partial charge on any atom is 0.251 e. The van der Waals surface area contributed by atoms with E-state index in [1.54, 1.807) is 12.1 Å². The molecule has 2 saturated heterocycles. The zero-order valence-corrected chi connectivity index (χ0v) is 20.0. The Morgan fingerprint density at radius 1 is 1.09 bits per heavy atom. The van der Waals surface area contributed by atoms with Crippen molar-refractivity contribution in [1.82, 2.24) is 10.0 Å². The summed E-state index contributed by atoms with van der Waals surface area (Å²) in [7, 11) is -3.74. The third-order valence-electron chi connectivity index (χ3n) is 6.41. The van der Waals surface area contributed by atoms with Gasteiger partial charge in [-0.15, -0.1) is 0 Å². The average Bonchev–Trinajstić information content (AvgIpc) is 3.36. The van der Waals surface area contributed by atoms with Crippen molar-refractivity contribution in [2.45, 2.75) is 42.1 Å². The van der Waals surface area contributed by atoms with Gasteiger partial charge < -0.3 is 14.8 Å². The predicted octanol–water partition coefficient (Wildman–Crippen LogP) is 3.28. The van der Waals surface area contributed by atoms with Gasteiger partial charge in [-0.25, -0.2) is 13.1 Å². The lowest BCUT2D eigenvalue weighted by Crippen LogP contribution is -2.44. The minimum Gasteiger partial charge on any atom is -0.381 e. The summed E-state index contributed by atoms with van der Waals surface area (Å²) in [5.41, 5.74) is 1.07. The molecular formula is C24H29ClN2O5S. The van der Waals surface area contributed by atoms with E-state index in [4.69, 9.17) is 21.1 Å². The quantitative estimate of drug-likeness (QED) is 0.590. The summed E-state index contributed by atoms with van der Waals surface area (Å²) in [5, 5.41) is 3.66. The first-order chi connectivity index (χ1) is 15.9. The van der Waals surface area contributed by atoms with E-state index >= 15 is 0 Å². The predicted molar refractivity (Wildman–Crippen MR) is 126 cm³/mol. The molecule has 2 aliphatic rings. The molecule has 2 heterocycles. The summed E-state index contributed by atoms with van der Waals surface area (Å²) in [6.07, 6.45) is 3.19.